The Hall–Kier alpha value is -3.88. The Labute approximate surface area is 385 Å². The van der Waals surface area contributed by atoms with Crippen LogP contribution in [0.25, 0.3) is 21.5 Å². The molecule has 352 valence electrons. The van der Waals surface area contributed by atoms with Crippen molar-refractivity contribution in [3.63, 3.8) is 0 Å². The third-order valence-electron chi connectivity index (χ3n) is 13.3. The first-order valence-electron chi connectivity index (χ1n) is 22.1. The van der Waals surface area contributed by atoms with Crippen molar-refractivity contribution in [1.82, 2.24) is 0 Å². The number of unbranched alkanes of at least 4 members (excludes halogenated alkanes) is 2. The number of hydrogen-bond acceptors (Lipinski definition) is 14. The van der Waals surface area contributed by atoms with Gasteiger partial charge in [0.05, 0.1) is 24.6 Å². The maximum absolute atomic E-state index is 14.1. The predicted octanol–water partition coefficient (Wildman–Crippen LogP) is 3.12. The number of rotatable bonds is 14. The molecule has 0 saturated carbocycles. The lowest BCUT2D eigenvalue weighted by Gasteiger charge is -2.39. The Morgan fingerprint density at radius 1 is 0.600 bits per heavy atom. The molecule has 0 aromatic heterocycles. The minimum atomic E-state index is -1.64. The zero-order valence-electron chi connectivity index (χ0n) is 35.9. The third-order valence-corrected chi connectivity index (χ3v) is 13.9. The molecule has 0 bridgehead atoms. The van der Waals surface area contributed by atoms with Gasteiger partial charge in [0.2, 0.25) is 24.4 Å². The van der Waals surface area contributed by atoms with Crippen molar-refractivity contribution in [2.24, 2.45) is 0 Å². The van der Waals surface area contributed by atoms with Crippen molar-refractivity contribution in [2.45, 2.75) is 130 Å². The fraction of sp³-hybridized carbons (Fsp3) is 0.532. The monoisotopic (exact) mass is 942 g/mol. The number of halogens is 2. The number of amides is 2. The van der Waals surface area contributed by atoms with Crippen molar-refractivity contribution in [3.05, 3.63) is 71.8 Å². The first-order valence-corrected chi connectivity index (χ1v) is 23.0. The van der Waals surface area contributed by atoms with E-state index in [-0.39, 0.29) is 58.7 Å². The topological polar surface area (TPSA) is 239 Å². The van der Waals surface area contributed by atoms with Gasteiger partial charge in [-0.15, -0.1) is 23.2 Å². The Kier molecular flexibility index (Phi) is 14.5. The summed E-state index contributed by atoms with van der Waals surface area (Å²) in [6.07, 6.45) is -13.0. The van der Waals surface area contributed by atoms with Gasteiger partial charge in [-0.3, -0.25) is 9.59 Å². The number of hydrogen-bond donors (Lipinski definition) is 8. The van der Waals surface area contributed by atoms with E-state index in [1.54, 1.807) is 21.9 Å². The summed E-state index contributed by atoms with van der Waals surface area (Å²) in [6, 6.07) is 18.2. The summed E-state index contributed by atoms with van der Waals surface area (Å²) >= 11 is 13.5. The lowest BCUT2D eigenvalue weighted by Crippen LogP contribution is -2.60. The Morgan fingerprint density at radius 3 is 1.32 bits per heavy atom. The van der Waals surface area contributed by atoms with Gasteiger partial charge in [0.25, 0.3) is 0 Å². The minimum Gasteiger partial charge on any atom is -0.461 e. The number of carbonyl (C=O) groups is 2. The molecule has 0 spiro atoms. The maximum atomic E-state index is 14.1. The summed E-state index contributed by atoms with van der Waals surface area (Å²) in [4.78, 5) is 31.5. The average Bonchev–Trinajstić information content (AvgIpc) is 3.89. The molecule has 2 saturated heterocycles. The van der Waals surface area contributed by atoms with Gasteiger partial charge in [-0.25, -0.2) is 0 Å². The van der Waals surface area contributed by atoms with Gasteiger partial charge in [0, 0.05) is 71.4 Å². The number of ether oxygens (including phenoxy) is 4. The molecule has 8 N–H and O–H groups in total. The standard InChI is InChI=1S/C47H56Cl2N2O14/c1-22(48)28-18-50(30-16-32(24-10-6-8-12-26(24)38(28)30)62-46-44(60)42(58)40(56)34(20-52)64-46)36(54)14-4-3-5-15-37(55)51-19-29(23(2)49)39-27-13-9-7-11-25(27)33(17-31(39)51)63-47-45(61)43(59)41(57)35(21-53)65-47/h6-13,16-17,22-23,28-29,34-35,40-47,52-53,56-61H,3-5,14-15,18-21H2,1-2H3/t22-,23-,28+,29+,34-,35-,40+,41+,42+,43+,44-,45-,46-,47-/m1/s1. The van der Waals surface area contributed by atoms with Crippen LogP contribution in [0.4, 0.5) is 11.4 Å². The molecule has 65 heavy (non-hydrogen) atoms. The van der Waals surface area contributed by atoms with Crippen LogP contribution >= 0.6 is 23.2 Å². The molecular formula is C47H56Cl2N2O14. The van der Waals surface area contributed by atoms with Crippen molar-refractivity contribution in [3.8, 4) is 11.5 Å². The number of fused-ring (bicyclic) bond motifs is 6. The molecule has 8 rings (SSSR count). The summed E-state index contributed by atoms with van der Waals surface area (Å²) in [7, 11) is 0. The highest BCUT2D eigenvalue weighted by Gasteiger charge is 2.47. The first kappa shape index (κ1) is 47.6. The molecule has 16 nitrogen and oxygen atoms in total. The van der Waals surface area contributed by atoms with Crippen molar-refractivity contribution in [2.75, 3.05) is 36.1 Å². The van der Waals surface area contributed by atoms with Crippen LogP contribution in [-0.4, -0.2) is 151 Å². The molecule has 0 radical (unpaired) electrons. The van der Waals surface area contributed by atoms with Crippen LogP contribution in [0.15, 0.2) is 60.7 Å². The van der Waals surface area contributed by atoms with Crippen LogP contribution in [0, 0.1) is 0 Å². The van der Waals surface area contributed by atoms with E-state index < -0.39 is 74.6 Å². The van der Waals surface area contributed by atoms with E-state index in [1.165, 1.54) is 0 Å². The van der Waals surface area contributed by atoms with Gasteiger partial charge in [-0.05, 0) is 48.6 Å². The molecule has 0 unspecified atom stereocenters. The summed E-state index contributed by atoms with van der Waals surface area (Å²) in [5.41, 5.74) is 2.90. The average molecular weight is 944 g/mol. The molecular weight excluding hydrogens is 887 g/mol. The molecule has 4 aliphatic heterocycles. The van der Waals surface area contributed by atoms with E-state index in [0.29, 0.717) is 54.5 Å². The SMILES string of the molecule is C[C@@H](Cl)[C@@H]1CN(C(=O)CCCCCC(=O)N2C[C@@H]([C@@H](C)Cl)c3c2cc(O[C@@H]2O[C@H](CO)[C@H](O)[C@H](O)[C@H]2O)c2ccccc32)c2cc(O[C@@H]3O[C@H](CO)[C@H](O)[C@H](O)[C@H]3O)c3ccccc3c21. The number of nitrogens with zero attached hydrogens (tertiary/aromatic N) is 2. The molecule has 0 aliphatic carbocycles. The molecule has 4 aromatic rings. The van der Waals surface area contributed by atoms with E-state index in [1.807, 2.05) is 62.4 Å². The highest BCUT2D eigenvalue weighted by molar-refractivity contribution is 6.22. The fourth-order valence-electron chi connectivity index (χ4n) is 9.70. The largest absolute Gasteiger partial charge is 0.461 e. The van der Waals surface area contributed by atoms with Crippen molar-refractivity contribution in [1.29, 1.82) is 0 Å². The predicted molar refractivity (Wildman–Crippen MR) is 241 cm³/mol. The van der Waals surface area contributed by atoms with Crippen LogP contribution in [0.5, 0.6) is 11.5 Å². The maximum Gasteiger partial charge on any atom is 0.229 e. The van der Waals surface area contributed by atoms with Crippen LogP contribution < -0.4 is 19.3 Å². The number of anilines is 2. The zero-order chi connectivity index (χ0) is 46.4. The Morgan fingerprint density at radius 2 is 0.969 bits per heavy atom. The molecule has 14 atom stereocenters. The zero-order valence-corrected chi connectivity index (χ0v) is 37.4. The van der Waals surface area contributed by atoms with Gasteiger partial charge >= 0.3 is 0 Å². The van der Waals surface area contributed by atoms with Gasteiger partial charge < -0.3 is 69.6 Å². The Balaban J connectivity index is 0.961. The summed E-state index contributed by atoms with van der Waals surface area (Å²) in [5, 5.41) is 84.7. The van der Waals surface area contributed by atoms with Crippen molar-refractivity contribution < 1.29 is 69.4 Å². The normalized spacial score (nSPS) is 30.9. The second kappa shape index (κ2) is 19.8. The number of aliphatic hydroxyl groups excluding tert-OH is 8. The lowest BCUT2D eigenvalue weighted by atomic mass is 9.92. The smallest absolute Gasteiger partial charge is 0.229 e. The molecule has 18 heteroatoms. The summed E-state index contributed by atoms with van der Waals surface area (Å²) in [6.45, 7) is 3.14. The molecule has 2 fully saturated rings. The molecule has 4 aromatic carbocycles. The van der Waals surface area contributed by atoms with E-state index in [4.69, 9.17) is 42.1 Å². The first-order chi connectivity index (χ1) is 31.1. The quantitative estimate of drug-likeness (QED) is 0.0670. The third kappa shape index (κ3) is 9.01. The number of carbonyl (C=O) groups excluding carboxylic acids is 2. The highest BCUT2D eigenvalue weighted by atomic mass is 35.5. The second-order valence-corrected chi connectivity index (χ2v) is 18.9. The van der Waals surface area contributed by atoms with E-state index in [2.05, 4.69) is 0 Å². The molecule has 4 heterocycles. The van der Waals surface area contributed by atoms with E-state index in [0.717, 1.165) is 21.9 Å². The van der Waals surface area contributed by atoms with Crippen molar-refractivity contribution >= 4 is 67.9 Å². The highest BCUT2D eigenvalue weighted by Crippen LogP contribution is 2.50. The Bertz CT molecular complexity index is 2210. The van der Waals surface area contributed by atoms with Crippen LogP contribution in [0.3, 0.4) is 0 Å². The molecule has 2 amide bonds. The number of alkyl halides is 2. The lowest BCUT2D eigenvalue weighted by molar-refractivity contribution is -0.277. The minimum absolute atomic E-state index is 0.155. The number of benzene rings is 4. The van der Waals surface area contributed by atoms with Gasteiger partial charge in [0.1, 0.15) is 60.3 Å². The van der Waals surface area contributed by atoms with E-state index in [9.17, 15) is 50.4 Å². The fourth-order valence-corrected chi connectivity index (χ4v) is 10.1. The van der Waals surface area contributed by atoms with Crippen LogP contribution in [0.1, 0.15) is 68.9 Å². The van der Waals surface area contributed by atoms with E-state index >= 15 is 0 Å². The second-order valence-electron chi connectivity index (χ2n) is 17.5. The van der Waals surface area contributed by atoms with Crippen LogP contribution in [0.2, 0.25) is 0 Å². The molecule has 4 aliphatic rings. The van der Waals surface area contributed by atoms with Gasteiger partial charge in [-0.1, -0.05) is 55.0 Å². The van der Waals surface area contributed by atoms with Gasteiger partial charge in [-0.2, -0.15) is 0 Å². The summed E-state index contributed by atoms with van der Waals surface area (Å²) in [5.74, 6) is -0.226. The number of aliphatic hydroxyl groups is 8. The van der Waals surface area contributed by atoms with Gasteiger partial charge in [0.15, 0.2) is 0 Å². The summed E-state index contributed by atoms with van der Waals surface area (Å²) < 4.78 is 23.6. The van der Waals surface area contributed by atoms with Crippen LogP contribution in [-0.2, 0) is 19.1 Å².